The molecule has 3 nitrogen and oxygen atoms in total. The number of carboxylic acids is 1. The Morgan fingerprint density at radius 2 is 2.22 bits per heavy atom. The number of aliphatic carboxylic acids is 1. The van der Waals surface area contributed by atoms with Crippen molar-refractivity contribution < 1.29 is 9.90 Å². The van der Waals surface area contributed by atoms with Gasteiger partial charge in [0.2, 0.25) is 0 Å². The highest BCUT2D eigenvalue weighted by molar-refractivity contribution is 5.75. The number of hydrogen-bond donors (Lipinski definition) is 1. The third kappa shape index (κ3) is 2.71. The molecular formula is C15H27NO2. The molecule has 3 atom stereocenters. The average molecular weight is 253 g/mol. The van der Waals surface area contributed by atoms with Crippen molar-refractivity contribution >= 4 is 5.97 Å². The van der Waals surface area contributed by atoms with E-state index in [0.29, 0.717) is 6.04 Å². The maximum atomic E-state index is 11.6. The predicted molar refractivity (Wildman–Crippen MR) is 72.6 cm³/mol. The second-order valence-corrected chi connectivity index (χ2v) is 6.48. The lowest BCUT2D eigenvalue weighted by Gasteiger charge is -2.35. The molecule has 2 aliphatic rings. The summed E-state index contributed by atoms with van der Waals surface area (Å²) in [5, 5.41) is 9.54. The Balaban J connectivity index is 1.99. The molecule has 1 aliphatic carbocycles. The molecule has 0 aromatic rings. The lowest BCUT2D eigenvalue weighted by Crippen LogP contribution is -2.40. The van der Waals surface area contributed by atoms with E-state index in [9.17, 15) is 9.90 Å². The van der Waals surface area contributed by atoms with Crippen molar-refractivity contribution in [2.24, 2.45) is 11.3 Å². The summed E-state index contributed by atoms with van der Waals surface area (Å²) in [4.78, 5) is 14.1. The fraction of sp³-hybridized carbons (Fsp3) is 0.933. The number of carbonyl (C=O) groups is 1. The molecule has 1 N–H and O–H groups in total. The van der Waals surface area contributed by atoms with Crippen LogP contribution in [0.5, 0.6) is 0 Å². The van der Waals surface area contributed by atoms with Gasteiger partial charge in [-0.3, -0.25) is 9.69 Å². The molecular weight excluding hydrogens is 226 g/mol. The van der Waals surface area contributed by atoms with Crippen molar-refractivity contribution in [3.8, 4) is 0 Å². The highest BCUT2D eigenvalue weighted by Gasteiger charge is 2.45. The van der Waals surface area contributed by atoms with Crippen molar-refractivity contribution in [3.05, 3.63) is 0 Å². The first-order valence-electron chi connectivity index (χ1n) is 7.55. The molecule has 1 saturated carbocycles. The monoisotopic (exact) mass is 253 g/mol. The summed E-state index contributed by atoms with van der Waals surface area (Å²) >= 11 is 0. The van der Waals surface area contributed by atoms with Gasteiger partial charge in [0.15, 0.2) is 0 Å². The van der Waals surface area contributed by atoms with Crippen molar-refractivity contribution in [2.45, 2.75) is 64.8 Å². The van der Waals surface area contributed by atoms with Crippen LogP contribution in [0.15, 0.2) is 0 Å². The van der Waals surface area contributed by atoms with E-state index in [1.54, 1.807) is 0 Å². The molecule has 0 aromatic carbocycles. The van der Waals surface area contributed by atoms with Crippen LogP contribution in [-0.4, -0.2) is 35.1 Å². The Morgan fingerprint density at radius 3 is 2.83 bits per heavy atom. The molecule has 2 fully saturated rings. The summed E-state index contributed by atoms with van der Waals surface area (Å²) in [7, 11) is 0. The van der Waals surface area contributed by atoms with Crippen molar-refractivity contribution in [1.29, 1.82) is 0 Å². The van der Waals surface area contributed by atoms with Gasteiger partial charge in [0, 0.05) is 12.6 Å². The molecule has 0 bridgehead atoms. The highest BCUT2D eigenvalue weighted by Crippen LogP contribution is 2.39. The summed E-state index contributed by atoms with van der Waals surface area (Å²) in [5.41, 5.74) is -0.449. The molecule has 1 saturated heterocycles. The first-order chi connectivity index (χ1) is 8.57. The number of likely N-dealkylation sites (tertiary alicyclic amines) is 1. The Bertz CT molecular complexity index is 305. The molecule has 1 aliphatic heterocycles. The largest absolute Gasteiger partial charge is 0.481 e. The Kier molecular flexibility index (Phi) is 4.31. The molecule has 104 valence electrons. The van der Waals surface area contributed by atoms with Crippen LogP contribution in [-0.2, 0) is 4.79 Å². The maximum Gasteiger partial charge on any atom is 0.310 e. The van der Waals surface area contributed by atoms with Gasteiger partial charge in [0.05, 0.1) is 5.41 Å². The van der Waals surface area contributed by atoms with Gasteiger partial charge in [-0.2, -0.15) is 0 Å². The third-order valence-electron chi connectivity index (χ3n) is 4.99. The number of rotatable bonds is 4. The van der Waals surface area contributed by atoms with E-state index < -0.39 is 11.4 Å². The Hall–Kier alpha value is -0.570. The second kappa shape index (κ2) is 5.60. The molecule has 0 spiro atoms. The van der Waals surface area contributed by atoms with Crippen LogP contribution < -0.4 is 0 Å². The SMILES string of the molecule is CCCC1(C(=O)O)CCN(C2CCCC(C)C2)C1. The van der Waals surface area contributed by atoms with E-state index in [1.165, 1.54) is 25.7 Å². The fourth-order valence-electron chi connectivity index (χ4n) is 3.91. The minimum atomic E-state index is -0.573. The normalized spacial score (nSPS) is 37.9. The van der Waals surface area contributed by atoms with Crippen molar-refractivity contribution in [1.82, 2.24) is 4.90 Å². The molecule has 0 radical (unpaired) electrons. The van der Waals surface area contributed by atoms with Gasteiger partial charge in [0.1, 0.15) is 0 Å². The Labute approximate surface area is 111 Å². The minimum absolute atomic E-state index is 0.449. The van der Waals surface area contributed by atoms with E-state index in [1.807, 2.05) is 0 Å². The average Bonchev–Trinajstić information content (AvgIpc) is 2.75. The smallest absolute Gasteiger partial charge is 0.310 e. The lowest BCUT2D eigenvalue weighted by atomic mass is 9.82. The highest BCUT2D eigenvalue weighted by atomic mass is 16.4. The van der Waals surface area contributed by atoms with Gasteiger partial charge in [0.25, 0.3) is 0 Å². The summed E-state index contributed by atoms with van der Waals surface area (Å²) in [5.74, 6) is 0.241. The number of carboxylic acid groups (broad SMARTS) is 1. The third-order valence-corrected chi connectivity index (χ3v) is 4.99. The van der Waals surface area contributed by atoms with Gasteiger partial charge in [-0.25, -0.2) is 0 Å². The number of hydrogen-bond acceptors (Lipinski definition) is 2. The van der Waals surface area contributed by atoms with Crippen molar-refractivity contribution in [3.63, 3.8) is 0 Å². The minimum Gasteiger partial charge on any atom is -0.481 e. The van der Waals surface area contributed by atoms with E-state index in [4.69, 9.17) is 0 Å². The summed E-state index contributed by atoms with van der Waals surface area (Å²) in [6.07, 6.45) is 7.86. The van der Waals surface area contributed by atoms with E-state index in [2.05, 4.69) is 18.7 Å². The van der Waals surface area contributed by atoms with Crippen LogP contribution in [0.4, 0.5) is 0 Å². The zero-order valence-corrected chi connectivity index (χ0v) is 11.8. The number of nitrogens with zero attached hydrogens (tertiary/aromatic N) is 1. The van der Waals surface area contributed by atoms with Crippen LogP contribution in [0.25, 0.3) is 0 Å². The molecule has 2 rings (SSSR count). The Morgan fingerprint density at radius 1 is 1.44 bits per heavy atom. The molecule has 1 heterocycles. The zero-order chi connectivity index (χ0) is 13.2. The van der Waals surface area contributed by atoms with Crippen LogP contribution in [0.3, 0.4) is 0 Å². The zero-order valence-electron chi connectivity index (χ0n) is 11.8. The first-order valence-corrected chi connectivity index (χ1v) is 7.55. The molecule has 3 unspecified atom stereocenters. The van der Waals surface area contributed by atoms with Crippen LogP contribution in [0.2, 0.25) is 0 Å². The van der Waals surface area contributed by atoms with Gasteiger partial charge < -0.3 is 5.11 Å². The molecule has 0 amide bonds. The topological polar surface area (TPSA) is 40.5 Å². The van der Waals surface area contributed by atoms with Gasteiger partial charge in [-0.05, 0) is 38.1 Å². The van der Waals surface area contributed by atoms with Gasteiger partial charge in [-0.15, -0.1) is 0 Å². The fourth-order valence-corrected chi connectivity index (χ4v) is 3.91. The second-order valence-electron chi connectivity index (χ2n) is 6.48. The van der Waals surface area contributed by atoms with Crippen LogP contribution in [0, 0.1) is 11.3 Å². The summed E-state index contributed by atoms with van der Waals surface area (Å²) < 4.78 is 0. The molecule has 0 aromatic heterocycles. The molecule has 18 heavy (non-hydrogen) atoms. The first kappa shape index (κ1) is 13.9. The van der Waals surface area contributed by atoms with E-state index >= 15 is 0 Å². The van der Waals surface area contributed by atoms with Crippen LogP contribution in [0.1, 0.15) is 58.8 Å². The standard InChI is InChI=1S/C15H27NO2/c1-3-7-15(14(17)18)8-9-16(11-15)13-6-4-5-12(2)10-13/h12-13H,3-11H2,1-2H3,(H,17,18). The predicted octanol–water partition coefficient (Wildman–Crippen LogP) is 3.14. The van der Waals surface area contributed by atoms with Crippen LogP contribution >= 0.6 is 0 Å². The maximum absolute atomic E-state index is 11.6. The van der Waals surface area contributed by atoms with Crippen molar-refractivity contribution in [2.75, 3.05) is 13.1 Å². The molecule has 3 heteroatoms. The van der Waals surface area contributed by atoms with E-state index in [-0.39, 0.29) is 0 Å². The summed E-state index contributed by atoms with van der Waals surface area (Å²) in [6.45, 7) is 6.20. The van der Waals surface area contributed by atoms with Gasteiger partial charge >= 0.3 is 5.97 Å². The van der Waals surface area contributed by atoms with Gasteiger partial charge in [-0.1, -0.05) is 33.1 Å². The quantitative estimate of drug-likeness (QED) is 0.836. The lowest BCUT2D eigenvalue weighted by molar-refractivity contribution is -0.148. The summed E-state index contributed by atoms with van der Waals surface area (Å²) in [6, 6.07) is 0.645. The van der Waals surface area contributed by atoms with E-state index in [0.717, 1.165) is 38.3 Å².